The Morgan fingerprint density at radius 2 is 1.89 bits per heavy atom. The molecule has 0 saturated carbocycles. The lowest BCUT2D eigenvalue weighted by Gasteiger charge is -2.36. The molecule has 1 fully saturated rings. The van der Waals surface area contributed by atoms with Crippen molar-refractivity contribution in [2.75, 3.05) is 38.2 Å². The Bertz CT molecular complexity index is 982. The summed E-state index contributed by atoms with van der Waals surface area (Å²) in [6.45, 7) is 2.41. The number of hydrogen-bond acceptors (Lipinski definition) is 7. The number of rotatable bonds is 5. The van der Waals surface area contributed by atoms with Crippen molar-refractivity contribution < 1.29 is 18.4 Å². The highest BCUT2D eigenvalue weighted by Gasteiger charge is 2.23. The summed E-state index contributed by atoms with van der Waals surface area (Å²) in [5.41, 5.74) is 1.09. The smallest absolute Gasteiger partial charge is 0.437 e. The third kappa shape index (κ3) is 3.64. The van der Waals surface area contributed by atoms with E-state index < -0.39 is 5.76 Å². The minimum Gasteiger partial charge on any atom is -0.497 e. The summed E-state index contributed by atoms with van der Waals surface area (Å²) in [4.78, 5) is 28.5. The highest BCUT2D eigenvalue weighted by Crippen LogP contribution is 2.20. The molecule has 1 aromatic carbocycles. The molecule has 0 bridgehead atoms. The quantitative estimate of drug-likeness (QED) is 0.657. The van der Waals surface area contributed by atoms with E-state index in [1.807, 2.05) is 24.3 Å². The molecular formula is C19H20N4O5. The normalized spacial score (nSPS) is 14.3. The second-order valence-corrected chi connectivity index (χ2v) is 6.37. The van der Waals surface area contributed by atoms with Crippen LogP contribution in [0.2, 0.25) is 0 Å². The molecule has 0 radical (unpaired) electrons. The number of ether oxygens (including phenoxy) is 1. The Balaban J connectivity index is 1.36. The fourth-order valence-electron chi connectivity index (χ4n) is 3.14. The van der Waals surface area contributed by atoms with Crippen molar-refractivity contribution in [1.29, 1.82) is 0 Å². The molecule has 0 unspecified atom stereocenters. The van der Waals surface area contributed by atoms with E-state index in [0.29, 0.717) is 31.9 Å². The number of aromatic nitrogens is 2. The molecule has 3 heterocycles. The molecule has 1 amide bonds. The first kappa shape index (κ1) is 17.9. The summed E-state index contributed by atoms with van der Waals surface area (Å²) >= 11 is 0. The van der Waals surface area contributed by atoms with Gasteiger partial charge in [-0.15, -0.1) is 5.10 Å². The van der Waals surface area contributed by atoms with Gasteiger partial charge in [0.1, 0.15) is 12.3 Å². The number of carbonyl (C=O) groups excluding carboxylic acids is 1. The minimum atomic E-state index is -0.684. The molecule has 0 spiro atoms. The van der Waals surface area contributed by atoms with Crippen LogP contribution >= 0.6 is 0 Å². The van der Waals surface area contributed by atoms with Gasteiger partial charge in [-0.2, -0.15) is 4.68 Å². The van der Waals surface area contributed by atoms with Crippen LogP contribution in [0.15, 0.2) is 56.3 Å². The van der Waals surface area contributed by atoms with Crippen molar-refractivity contribution in [3.8, 4) is 17.4 Å². The number of nitrogens with zero attached hydrogens (tertiary/aromatic N) is 4. The highest BCUT2D eigenvalue weighted by atomic mass is 16.5. The SMILES string of the molecule is COc1ccc(N2CCN(C(=O)Cn3nc(-c4ccco4)oc3=O)CC2)cc1. The van der Waals surface area contributed by atoms with E-state index >= 15 is 0 Å². The summed E-state index contributed by atoms with van der Waals surface area (Å²) < 4.78 is 16.4. The van der Waals surface area contributed by atoms with Crippen LogP contribution in [0.4, 0.5) is 5.69 Å². The van der Waals surface area contributed by atoms with Gasteiger partial charge in [-0.25, -0.2) is 4.79 Å². The minimum absolute atomic E-state index is 0.0622. The first-order valence-corrected chi connectivity index (χ1v) is 8.92. The Labute approximate surface area is 160 Å². The van der Waals surface area contributed by atoms with Gasteiger partial charge in [0.2, 0.25) is 5.91 Å². The summed E-state index contributed by atoms with van der Waals surface area (Å²) in [6.07, 6.45) is 1.46. The predicted molar refractivity (Wildman–Crippen MR) is 100 cm³/mol. The number of amides is 1. The number of furan rings is 1. The molecule has 9 nitrogen and oxygen atoms in total. The first-order chi connectivity index (χ1) is 13.6. The molecule has 1 aliphatic heterocycles. The lowest BCUT2D eigenvalue weighted by molar-refractivity contribution is -0.132. The molecule has 1 aliphatic rings. The summed E-state index contributed by atoms with van der Waals surface area (Å²) in [5, 5.41) is 4.04. The molecule has 3 aromatic rings. The average molecular weight is 384 g/mol. The molecule has 2 aromatic heterocycles. The van der Waals surface area contributed by atoms with E-state index in [-0.39, 0.29) is 18.3 Å². The van der Waals surface area contributed by atoms with Crippen molar-refractivity contribution in [3.05, 3.63) is 53.2 Å². The van der Waals surface area contributed by atoms with Crippen LogP contribution in [0.5, 0.6) is 5.75 Å². The Morgan fingerprint density at radius 3 is 2.54 bits per heavy atom. The van der Waals surface area contributed by atoms with Gasteiger partial charge in [-0.1, -0.05) is 0 Å². The zero-order valence-corrected chi connectivity index (χ0v) is 15.4. The lowest BCUT2D eigenvalue weighted by atomic mass is 10.2. The van der Waals surface area contributed by atoms with Crippen molar-refractivity contribution in [3.63, 3.8) is 0 Å². The molecule has 9 heteroatoms. The maximum absolute atomic E-state index is 12.6. The molecule has 0 atom stereocenters. The molecule has 146 valence electrons. The van der Waals surface area contributed by atoms with Crippen LogP contribution in [-0.2, 0) is 11.3 Å². The molecule has 0 aliphatic carbocycles. The summed E-state index contributed by atoms with van der Waals surface area (Å²) in [5.74, 6) is 0.362. The highest BCUT2D eigenvalue weighted by molar-refractivity contribution is 5.76. The van der Waals surface area contributed by atoms with E-state index in [0.717, 1.165) is 16.1 Å². The van der Waals surface area contributed by atoms with Crippen molar-refractivity contribution in [2.24, 2.45) is 0 Å². The number of methoxy groups -OCH3 is 1. The van der Waals surface area contributed by atoms with Gasteiger partial charge in [0, 0.05) is 31.9 Å². The number of anilines is 1. The molecule has 28 heavy (non-hydrogen) atoms. The van der Waals surface area contributed by atoms with E-state index in [9.17, 15) is 9.59 Å². The Hall–Kier alpha value is -3.49. The number of hydrogen-bond donors (Lipinski definition) is 0. The fourth-order valence-corrected chi connectivity index (χ4v) is 3.14. The fraction of sp³-hybridized carbons (Fsp3) is 0.316. The van der Waals surface area contributed by atoms with Gasteiger partial charge >= 0.3 is 5.76 Å². The second-order valence-electron chi connectivity index (χ2n) is 6.37. The van der Waals surface area contributed by atoms with Crippen LogP contribution in [0, 0.1) is 0 Å². The Morgan fingerprint density at radius 1 is 1.14 bits per heavy atom. The van der Waals surface area contributed by atoms with E-state index in [1.165, 1.54) is 6.26 Å². The van der Waals surface area contributed by atoms with Crippen molar-refractivity contribution in [1.82, 2.24) is 14.7 Å². The number of carbonyl (C=O) groups is 1. The van der Waals surface area contributed by atoms with Crippen molar-refractivity contribution >= 4 is 11.6 Å². The van der Waals surface area contributed by atoms with Crippen LogP contribution in [0.3, 0.4) is 0 Å². The zero-order chi connectivity index (χ0) is 19.5. The summed E-state index contributed by atoms with van der Waals surface area (Å²) in [7, 11) is 1.64. The topological polar surface area (TPSA) is 93.9 Å². The number of benzene rings is 1. The van der Waals surface area contributed by atoms with Gasteiger partial charge in [-0.3, -0.25) is 4.79 Å². The molecular weight excluding hydrogens is 364 g/mol. The first-order valence-electron chi connectivity index (χ1n) is 8.92. The van der Waals surface area contributed by atoms with Crippen molar-refractivity contribution in [2.45, 2.75) is 6.54 Å². The standard InChI is InChI=1S/C19H20N4O5/c1-26-15-6-4-14(5-7-15)21-8-10-22(11-9-21)17(24)13-23-19(25)28-18(20-23)16-3-2-12-27-16/h2-7,12H,8-11,13H2,1H3. The maximum atomic E-state index is 12.6. The van der Waals surface area contributed by atoms with Gasteiger partial charge in [0.15, 0.2) is 5.76 Å². The maximum Gasteiger partial charge on any atom is 0.437 e. The van der Waals surface area contributed by atoms with E-state index in [2.05, 4.69) is 10.00 Å². The molecule has 1 saturated heterocycles. The van der Waals surface area contributed by atoms with E-state index in [4.69, 9.17) is 13.6 Å². The predicted octanol–water partition coefficient (Wildman–Crippen LogP) is 1.45. The third-order valence-electron chi connectivity index (χ3n) is 4.69. The van der Waals surface area contributed by atoms with Gasteiger partial charge in [-0.05, 0) is 36.4 Å². The van der Waals surface area contributed by atoms with Gasteiger partial charge in [0.05, 0.1) is 13.4 Å². The zero-order valence-electron chi connectivity index (χ0n) is 15.4. The lowest BCUT2D eigenvalue weighted by Crippen LogP contribution is -2.50. The second kappa shape index (κ2) is 7.63. The summed E-state index contributed by atoms with van der Waals surface area (Å²) in [6, 6.07) is 11.1. The van der Waals surface area contributed by atoms with Gasteiger partial charge < -0.3 is 23.4 Å². The van der Waals surface area contributed by atoms with Crippen LogP contribution < -0.4 is 15.4 Å². The average Bonchev–Trinajstić information content (AvgIpc) is 3.38. The van der Waals surface area contributed by atoms with Crippen LogP contribution in [-0.4, -0.2) is 53.9 Å². The third-order valence-corrected chi connectivity index (χ3v) is 4.69. The largest absolute Gasteiger partial charge is 0.497 e. The van der Waals surface area contributed by atoms with Crippen LogP contribution in [0.1, 0.15) is 0 Å². The Kier molecular flexibility index (Phi) is 4.88. The van der Waals surface area contributed by atoms with E-state index in [1.54, 1.807) is 24.1 Å². The van der Waals surface area contributed by atoms with Crippen LogP contribution in [0.25, 0.3) is 11.7 Å². The monoisotopic (exact) mass is 384 g/mol. The molecule has 4 rings (SSSR count). The van der Waals surface area contributed by atoms with Gasteiger partial charge in [0.25, 0.3) is 5.89 Å². The molecule has 0 N–H and O–H groups in total. The number of piperazine rings is 1.